The standard InChI is InChI=1S/C10H8BrF3O2/c1-5-2-6(4-8(15)16)9(7(11)3-5)10(12,13)14/h2-3H,4H2,1H3,(H,15,16). The Kier molecular flexibility index (Phi) is 3.62. The minimum absolute atomic E-state index is 0.128. The SMILES string of the molecule is Cc1cc(Br)c(C(F)(F)F)c(CC(=O)O)c1. The average molecular weight is 297 g/mol. The topological polar surface area (TPSA) is 37.3 Å². The number of halogens is 4. The molecule has 0 saturated heterocycles. The van der Waals surface area contributed by atoms with Crippen LogP contribution >= 0.6 is 15.9 Å². The fourth-order valence-corrected chi connectivity index (χ4v) is 2.27. The molecule has 1 aromatic rings. The molecule has 0 spiro atoms. The number of benzene rings is 1. The van der Waals surface area contributed by atoms with Crippen LogP contribution in [0, 0.1) is 6.92 Å². The second-order valence-corrected chi connectivity index (χ2v) is 4.20. The molecule has 6 heteroatoms. The number of hydrogen-bond acceptors (Lipinski definition) is 1. The van der Waals surface area contributed by atoms with E-state index in [1.165, 1.54) is 12.1 Å². The Labute approximate surface area is 98.2 Å². The van der Waals surface area contributed by atoms with E-state index in [0.29, 0.717) is 5.56 Å². The minimum atomic E-state index is -4.56. The highest BCUT2D eigenvalue weighted by Gasteiger charge is 2.36. The van der Waals surface area contributed by atoms with Crippen LogP contribution in [0.2, 0.25) is 0 Å². The highest BCUT2D eigenvalue weighted by molar-refractivity contribution is 9.10. The molecule has 0 saturated carbocycles. The molecule has 2 nitrogen and oxygen atoms in total. The normalized spacial score (nSPS) is 11.6. The van der Waals surface area contributed by atoms with Crippen LogP contribution in [0.15, 0.2) is 16.6 Å². The van der Waals surface area contributed by atoms with Crippen LogP contribution in [0.4, 0.5) is 13.2 Å². The van der Waals surface area contributed by atoms with Gasteiger partial charge in [0, 0.05) is 4.47 Å². The predicted molar refractivity (Wildman–Crippen MR) is 55.2 cm³/mol. The van der Waals surface area contributed by atoms with Crippen LogP contribution in [0.25, 0.3) is 0 Å². The van der Waals surface area contributed by atoms with E-state index >= 15 is 0 Å². The molecule has 0 amide bonds. The van der Waals surface area contributed by atoms with Gasteiger partial charge in [0.05, 0.1) is 12.0 Å². The first kappa shape index (κ1) is 13.0. The van der Waals surface area contributed by atoms with Gasteiger partial charge in [0.25, 0.3) is 0 Å². The molecule has 0 unspecified atom stereocenters. The predicted octanol–water partition coefficient (Wildman–Crippen LogP) is 3.40. The summed E-state index contributed by atoms with van der Waals surface area (Å²) in [5, 5.41) is 8.56. The lowest BCUT2D eigenvalue weighted by atomic mass is 10.0. The maximum absolute atomic E-state index is 12.7. The molecule has 16 heavy (non-hydrogen) atoms. The lowest BCUT2D eigenvalue weighted by Crippen LogP contribution is -2.13. The highest BCUT2D eigenvalue weighted by Crippen LogP contribution is 2.38. The first-order valence-electron chi connectivity index (χ1n) is 4.30. The first-order chi connectivity index (χ1) is 7.21. The van der Waals surface area contributed by atoms with Gasteiger partial charge in [0.15, 0.2) is 0 Å². The average Bonchev–Trinajstić information content (AvgIpc) is 1.96. The first-order valence-corrected chi connectivity index (χ1v) is 5.09. The van der Waals surface area contributed by atoms with E-state index in [9.17, 15) is 18.0 Å². The zero-order chi connectivity index (χ0) is 12.5. The van der Waals surface area contributed by atoms with Crippen molar-refractivity contribution in [3.05, 3.63) is 33.3 Å². The maximum Gasteiger partial charge on any atom is 0.417 e. The molecule has 88 valence electrons. The molecule has 0 fully saturated rings. The van der Waals surface area contributed by atoms with Crippen LogP contribution in [-0.2, 0) is 17.4 Å². The molecule has 1 rings (SSSR count). The number of hydrogen-bond donors (Lipinski definition) is 1. The monoisotopic (exact) mass is 296 g/mol. The summed E-state index contributed by atoms with van der Waals surface area (Å²) in [5.41, 5.74) is -0.566. The zero-order valence-corrected chi connectivity index (χ0v) is 9.82. The quantitative estimate of drug-likeness (QED) is 0.908. The molecule has 1 aromatic carbocycles. The molecule has 0 radical (unpaired) electrons. The number of rotatable bonds is 2. The van der Waals surface area contributed by atoms with Crippen molar-refractivity contribution >= 4 is 21.9 Å². The van der Waals surface area contributed by atoms with Gasteiger partial charge < -0.3 is 5.11 Å². The van der Waals surface area contributed by atoms with E-state index < -0.39 is 24.1 Å². The Morgan fingerprint density at radius 2 is 2.00 bits per heavy atom. The van der Waals surface area contributed by atoms with Crippen LogP contribution in [-0.4, -0.2) is 11.1 Å². The molecule has 1 N–H and O–H groups in total. The smallest absolute Gasteiger partial charge is 0.417 e. The number of carboxylic acid groups (broad SMARTS) is 1. The second kappa shape index (κ2) is 4.45. The molecule has 0 heterocycles. The van der Waals surface area contributed by atoms with Crippen molar-refractivity contribution in [3.63, 3.8) is 0 Å². The van der Waals surface area contributed by atoms with Gasteiger partial charge in [0.1, 0.15) is 0 Å². The molecule has 0 aliphatic rings. The number of alkyl halides is 3. The number of aliphatic carboxylic acids is 1. The van der Waals surface area contributed by atoms with Gasteiger partial charge in [0.2, 0.25) is 0 Å². The van der Waals surface area contributed by atoms with Crippen LogP contribution < -0.4 is 0 Å². The second-order valence-electron chi connectivity index (χ2n) is 3.35. The highest BCUT2D eigenvalue weighted by atomic mass is 79.9. The minimum Gasteiger partial charge on any atom is -0.481 e. The summed E-state index contributed by atoms with van der Waals surface area (Å²) in [4.78, 5) is 10.5. The van der Waals surface area contributed by atoms with E-state index in [1.54, 1.807) is 6.92 Å². The van der Waals surface area contributed by atoms with E-state index in [0.717, 1.165) is 0 Å². The molecular formula is C10H8BrF3O2. The van der Waals surface area contributed by atoms with Crippen LogP contribution in [0.3, 0.4) is 0 Å². The van der Waals surface area contributed by atoms with Crippen molar-refractivity contribution in [3.8, 4) is 0 Å². The molecule has 0 aliphatic carbocycles. The van der Waals surface area contributed by atoms with Gasteiger partial charge in [-0.15, -0.1) is 0 Å². The van der Waals surface area contributed by atoms with E-state index in [2.05, 4.69) is 15.9 Å². The van der Waals surface area contributed by atoms with Gasteiger partial charge in [-0.3, -0.25) is 4.79 Å². The summed E-state index contributed by atoms with van der Waals surface area (Å²) in [5.74, 6) is -1.29. The summed E-state index contributed by atoms with van der Waals surface area (Å²) >= 11 is 2.81. The Hall–Kier alpha value is -1.04. The largest absolute Gasteiger partial charge is 0.481 e. The number of aryl methyl sites for hydroxylation is 1. The third-order valence-electron chi connectivity index (χ3n) is 1.94. The molecular weight excluding hydrogens is 289 g/mol. The van der Waals surface area contributed by atoms with Crippen molar-refractivity contribution in [1.82, 2.24) is 0 Å². The van der Waals surface area contributed by atoms with Gasteiger partial charge in [-0.1, -0.05) is 22.0 Å². The van der Waals surface area contributed by atoms with Crippen LogP contribution in [0.1, 0.15) is 16.7 Å². The Balaban J connectivity index is 3.38. The summed E-state index contributed by atoms with van der Waals surface area (Å²) in [6.07, 6.45) is -5.20. The van der Waals surface area contributed by atoms with Gasteiger partial charge in [-0.05, 0) is 24.1 Å². The Bertz CT molecular complexity index is 427. The zero-order valence-electron chi connectivity index (χ0n) is 8.23. The summed E-state index contributed by atoms with van der Waals surface area (Å²) < 4.78 is 37.9. The third-order valence-corrected chi connectivity index (χ3v) is 2.57. The van der Waals surface area contributed by atoms with Gasteiger partial charge >= 0.3 is 12.1 Å². The number of carboxylic acids is 1. The lowest BCUT2D eigenvalue weighted by molar-refractivity contribution is -0.140. The molecule has 0 aliphatic heterocycles. The molecule has 0 aromatic heterocycles. The van der Waals surface area contributed by atoms with Crippen molar-refractivity contribution in [1.29, 1.82) is 0 Å². The van der Waals surface area contributed by atoms with E-state index in [4.69, 9.17) is 5.11 Å². The van der Waals surface area contributed by atoms with Crippen molar-refractivity contribution in [2.24, 2.45) is 0 Å². The van der Waals surface area contributed by atoms with E-state index in [-0.39, 0.29) is 10.0 Å². The summed E-state index contributed by atoms with van der Waals surface area (Å²) in [6, 6.07) is 2.55. The van der Waals surface area contributed by atoms with Crippen molar-refractivity contribution in [2.45, 2.75) is 19.5 Å². The fraction of sp³-hybridized carbons (Fsp3) is 0.300. The molecule has 0 bridgehead atoms. The maximum atomic E-state index is 12.7. The van der Waals surface area contributed by atoms with Crippen LogP contribution in [0.5, 0.6) is 0 Å². The Morgan fingerprint density at radius 1 is 1.44 bits per heavy atom. The summed E-state index contributed by atoms with van der Waals surface area (Å²) in [7, 11) is 0. The van der Waals surface area contributed by atoms with E-state index in [1.807, 2.05) is 0 Å². The third kappa shape index (κ3) is 2.98. The molecule has 0 atom stereocenters. The fourth-order valence-electron chi connectivity index (χ4n) is 1.43. The Morgan fingerprint density at radius 3 is 2.44 bits per heavy atom. The number of carbonyl (C=O) groups is 1. The lowest BCUT2D eigenvalue weighted by Gasteiger charge is -2.14. The van der Waals surface area contributed by atoms with Gasteiger partial charge in [-0.25, -0.2) is 0 Å². The van der Waals surface area contributed by atoms with Gasteiger partial charge in [-0.2, -0.15) is 13.2 Å². The van der Waals surface area contributed by atoms with Crippen molar-refractivity contribution in [2.75, 3.05) is 0 Å². The van der Waals surface area contributed by atoms with Crippen molar-refractivity contribution < 1.29 is 23.1 Å². The summed E-state index contributed by atoms with van der Waals surface area (Å²) in [6.45, 7) is 1.61.